The Balaban J connectivity index is 3.43. The van der Waals surface area contributed by atoms with Gasteiger partial charge in [-0.15, -0.1) is 0 Å². The van der Waals surface area contributed by atoms with E-state index in [0.717, 1.165) is 5.56 Å². The summed E-state index contributed by atoms with van der Waals surface area (Å²) in [4.78, 5) is 0. The largest absolute Gasteiger partial charge is 0.285 e. The van der Waals surface area contributed by atoms with E-state index >= 15 is 0 Å². The van der Waals surface area contributed by atoms with Crippen LogP contribution in [0.3, 0.4) is 0 Å². The van der Waals surface area contributed by atoms with Gasteiger partial charge in [0.05, 0.1) is 0 Å². The summed E-state index contributed by atoms with van der Waals surface area (Å²) in [7, 11) is -8.40. The highest BCUT2D eigenvalue weighted by Crippen LogP contribution is 2.24. The molecule has 0 aromatic heterocycles. The van der Waals surface area contributed by atoms with E-state index in [1.54, 1.807) is 20.8 Å². The van der Waals surface area contributed by atoms with E-state index < -0.39 is 31.7 Å². The van der Waals surface area contributed by atoms with Crippen LogP contribution >= 0.6 is 0 Å². The van der Waals surface area contributed by atoms with Crippen molar-refractivity contribution >= 4 is 20.2 Å². The molecule has 0 fully saturated rings. The van der Waals surface area contributed by atoms with E-state index in [1.165, 1.54) is 6.07 Å². The van der Waals surface area contributed by atoms with Crippen molar-refractivity contribution in [3.05, 3.63) is 33.9 Å². The third kappa shape index (κ3) is 4.57. The summed E-state index contributed by atoms with van der Waals surface area (Å²) < 4.78 is 61.5. The van der Waals surface area contributed by atoms with Gasteiger partial charge in [0, 0.05) is 0 Å². The molecule has 0 amide bonds. The van der Waals surface area contributed by atoms with Gasteiger partial charge in [-0.2, -0.15) is 16.8 Å². The number of benzene rings is 1. The Morgan fingerprint density at radius 3 is 1.37 bits per heavy atom. The van der Waals surface area contributed by atoms with E-state index in [4.69, 9.17) is 9.11 Å². The minimum absolute atomic E-state index is 0.323. The number of hydrogen-bond donors (Lipinski definition) is 2. The van der Waals surface area contributed by atoms with Crippen LogP contribution in [0.4, 0.5) is 0 Å². The van der Waals surface area contributed by atoms with Gasteiger partial charge < -0.3 is 0 Å². The maximum atomic E-state index is 10.9. The van der Waals surface area contributed by atoms with Crippen LogP contribution < -0.4 is 0 Å². The lowest BCUT2D eigenvalue weighted by Crippen LogP contribution is -2.09. The molecule has 0 saturated heterocycles. The van der Waals surface area contributed by atoms with E-state index in [1.807, 2.05) is 0 Å². The van der Waals surface area contributed by atoms with Gasteiger partial charge in [-0.05, 0) is 48.6 Å². The normalized spacial score (nSPS) is 12.7. The van der Waals surface area contributed by atoms with Crippen molar-refractivity contribution in [2.45, 2.75) is 32.3 Å². The van der Waals surface area contributed by atoms with Gasteiger partial charge in [0.1, 0.15) is 11.5 Å². The molecule has 0 unspecified atom stereocenters. The fourth-order valence-corrected chi connectivity index (χ4v) is 3.27. The minimum atomic E-state index is -4.20. The van der Waals surface area contributed by atoms with E-state index in [0.29, 0.717) is 22.3 Å². The van der Waals surface area contributed by atoms with Crippen molar-refractivity contribution in [2.75, 3.05) is 0 Å². The molecular formula is C11H16O6S2. The van der Waals surface area contributed by atoms with Gasteiger partial charge in [0.15, 0.2) is 0 Å². The monoisotopic (exact) mass is 308 g/mol. The van der Waals surface area contributed by atoms with Crippen molar-refractivity contribution in [1.29, 1.82) is 0 Å². The Bertz CT molecular complexity index is 643. The first-order valence-electron chi connectivity index (χ1n) is 5.39. The van der Waals surface area contributed by atoms with Gasteiger partial charge >= 0.3 is 0 Å². The Morgan fingerprint density at radius 2 is 1.11 bits per heavy atom. The van der Waals surface area contributed by atoms with E-state index in [9.17, 15) is 16.8 Å². The lowest BCUT2D eigenvalue weighted by atomic mass is 9.95. The van der Waals surface area contributed by atoms with Gasteiger partial charge in [-0.1, -0.05) is 6.07 Å². The van der Waals surface area contributed by atoms with Gasteiger partial charge in [0.2, 0.25) is 0 Å². The highest BCUT2D eigenvalue weighted by atomic mass is 32.2. The second-order valence-electron chi connectivity index (χ2n) is 4.52. The molecule has 0 heterocycles. The SMILES string of the molecule is Cc1c(CS(=O)(=O)O)cc(CS(=O)(=O)O)c(C)c1C. The lowest BCUT2D eigenvalue weighted by molar-refractivity contribution is 0.480. The Morgan fingerprint density at radius 1 is 0.789 bits per heavy atom. The summed E-state index contributed by atoms with van der Waals surface area (Å²) in [6, 6.07) is 1.39. The quantitative estimate of drug-likeness (QED) is 0.814. The molecule has 0 saturated carbocycles. The zero-order chi connectivity index (χ0) is 15.0. The summed E-state index contributed by atoms with van der Waals surface area (Å²) in [6.45, 7) is 5.12. The average Bonchev–Trinajstić information content (AvgIpc) is 2.18. The lowest BCUT2D eigenvalue weighted by Gasteiger charge is -2.15. The Hall–Kier alpha value is -0.960. The van der Waals surface area contributed by atoms with Gasteiger partial charge in [-0.3, -0.25) is 9.11 Å². The molecule has 0 aliphatic rings. The molecule has 0 aliphatic heterocycles. The number of hydrogen-bond acceptors (Lipinski definition) is 4. The summed E-state index contributed by atoms with van der Waals surface area (Å²) in [5, 5.41) is 0. The molecule has 0 atom stereocenters. The zero-order valence-electron chi connectivity index (χ0n) is 10.8. The van der Waals surface area contributed by atoms with Crippen LogP contribution in [0, 0.1) is 20.8 Å². The molecule has 0 aliphatic carbocycles. The maximum Gasteiger partial charge on any atom is 0.269 e. The summed E-state index contributed by atoms with van der Waals surface area (Å²) in [5.74, 6) is -1.17. The standard InChI is InChI=1S/C11H16O6S2/c1-7-8(2)10(5-18(12,13)14)4-11(9(7)3)6-19(15,16)17/h4H,5-6H2,1-3H3,(H,12,13,14)(H,15,16,17). The molecule has 1 aromatic carbocycles. The molecule has 19 heavy (non-hydrogen) atoms. The molecule has 6 nitrogen and oxygen atoms in total. The fraction of sp³-hybridized carbons (Fsp3) is 0.455. The average molecular weight is 308 g/mol. The first-order valence-corrected chi connectivity index (χ1v) is 8.61. The maximum absolute atomic E-state index is 10.9. The zero-order valence-corrected chi connectivity index (χ0v) is 12.5. The van der Waals surface area contributed by atoms with Crippen LogP contribution in [0.1, 0.15) is 27.8 Å². The molecule has 0 spiro atoms. The predicted molar refractivity (Wildman–Crippen MR) is 71.2 cm³/mol. The predicted octanol–water partition coefficient (Wildman–Crippen LogP) is 1.39. The first kappa shape index (κ1) is 16.1. The van der Waals surface area contributed by atoms with Crippen molar-refractivity contribution in [3.8, 4) is 0 Å². The fourth-order valence-electron chi connectivity index (χ4n) is 1.88. The smallest absolute Gasteiger partial charge is 0.269 e. The second-order valence-corrected chi connectivity index (χ2v) is 7.43. The summed E-state index contributed by atoms with van der Waals surface area (Å²) in [6.07, 6.45) is 0. The van der Waals surface area contributed by atoms with Crippen molar-refractivity contribution in [2.24, 2.45) is 0 Å². The molecule has 8 heteroatoms. The molecule has 108 valence electrons. The topological polar surface area (TPSA) is 109 Å². The van der Waals surface area contributed by atoms with Crippen LogP contribution in [0.2, 0.25) is 0 Å². The van der Waals surface area contributed by atoms with Crippen LogP contribution in [0.15, 0.2) is 6.07 Å². The highest BCUT2D eigenvalue weighted by molar-refractivity contribution is 7.85. The highest BCUT2D eigenvalue weighted by Gasteiger charge is 2.17. The molecule has 0 radical (unpaired) electrons. The molecular weight excluding hydrogens is 292 g/mol. The number of rotatable bonds is 4. The van der Waals surface area contributed by atoms with Crippen molar-refractivity contribution in [1.82, 2.24) is 0 Å². The third-order valence-corrected chi connectivity index (χ3v) is 4.46. The summed E-state index contributed by atoms with van der Waals surface area (Å²) in [5.41, 5.74) is 2.73. The van der Waals surface area contributed by atoms with Crippen molar-refractivity contribution < 1.29 is 25.9 Å². The summed E-state index contributed by atoms with van der Waals surface area (Å²) >= 11 is 0. The molecule has 2 N–H and O–H groups in total. The van der Waals surface area contributed by atoms with Gasteiger partial charge in [-0.25, -0.2) is 0 Å². The van der Waals surface area contributed by atoms with Crippen LogP contribution in [0.5, 0.6) is 0 Å². The molecule has 0 bridgehead atoms. The molecule has 1 rings (SSSR count). The van der Waals surface area contributed by atoms with E-state index in [-0.39, 0.29) is 0 Å². The van der Waals surface area contributed by atoms with Crippen LogP contribution in [0.25, 0.3) is 0 Å². The minimum Gasteiger partial charge on any atom is -0.285 e. The first-order chi connectivity index (χ1) is 8.41. The van der Waals surface area contributed by atoms with Crippen LogP contribution in [-0.4, -0.2) is 25.9 Å². The van der Waals surface area contributed by atoms with Gasteiger partial charge in [0.25, 0.3) is 20.2 Å². The van der Waals surface area contributed by atoms with Crippen LogP contribution in [-0.2, 0) is 31.7 Å². The Kier molecular flexibility index (Phi) is 4.40. The molecule has 1 aromatic rings. The second kappa shape index (κ2) is 5.20. The van der Waals surface area contributed by atoms with Crippen molar-refractivity contribution in [3.63, 3.8) is 0 Å². The van der Waals surface area contributed by atoms with E-state index in [2.05, 4.69) is 0 Å². The Labute approximate surface area is 113 Å². The third-order valence-electron chi connectivity index (χ3n) is 3.11.